The second kappa shape index (κ2) is 10.1. The van der Waals surface area contributed by atoms with Crippen molar-refractivity contribution in [3.63, 3.8) is 0 Å². The largest absolute Gasteiger partial charge is 0.492 e. The first-order chi connectivity index (χ1) is 14.5. The third kappa shape index (κ3) is 5.27. The van der Waals surface area contributed by atoms with E-state index in [0.717, 1.165) is 47.8 Å². The lowest BCUT2D eigenvalue weighted by molar-refractivity contribution is 0.214. The molecule has 2 heterocycles. The van der Waals surface area contributed by atoms with Crippen molar-refractivity contribution in [1.29, 1.82) is 0 Å². The van der Waals surface area contributed by atoms with E-state index in [1.165, 1.54) is 7.05 Å². The van der Waals surface area contributed by atoms with Gasteiger partial charge in [-0.25, -0.2) is 9.78 Å². The molecule has 30 heavy (non-hydrogen) atoms. The maximum atomic E-state index is 12.0. The molecule has 2 aromatic heterocycles. The molecule has 0 fully saturated rings. The van der Waals surface area contributed by atoms with Crippen molar-refractivity contribution in [2.45, 2.75) is 19.8 Å². The van der Waals surface area contributed by atoms with Gasteiger partial charge in [0.05, 0.1) is 6.33 Å². The average molecular weight is 412 g/mol. The van der Waals surface area contributed by atoms with Crippen molar-refractivity contribution in [3.8, 4) is 11.4 Å². The van der Waals surface area contributed by atoms with Crippen LogP contribution in [-0.2, 0) is 20.5 Å². The van der Waals surface area contributed by atoms with Gasteiger partial charge in [0.2, 0.25) is 0 Å². The number of aryl methyl sites for hydroxylation is 1. The van der Waals surface area contributed by atoms with Crippen LogP contribution in [0.25, 0.3) is 5.69 Å². The first kappa shape index (κ1) is 21.6. The summed E-state index contributed by atoms with van der Waals surface area (Å²) in [5.74, 6) is 0.838. The standard InChI is InChI=1S/C22H29N5O3/c1-4-26(12-5-6-19-16-21(28)25(3)22(29)24(19)2)14-15-30-20-9-7-18(8-10-20)27-13-11-23-17-27/h7-11,13,16-17H,4-6,12,14-15H2,1-3H3. The Labute approximate surface area is 176 Å². The van der Waals surface area contributed by atoms with E-state index in [4.69, 9.17) is 4.74 Å². The van der Waals surface area contributed by atoms with Crippen LogP contribution >= 0.6 is 0 Å². The lowest BCUT2D eigenvalue weighted by atomic mass is 10.2. The van der Waals surface area contributed by atoms with E-state index in [0.29, 0.717) is 13.0 Å². The van der Waals surface area contributed by atoms with Crippen molar-refractivity contribution in [1.82, 2.24) is 23.6 Å². The number of imidazole rings is 1. The van der Waals surface area contributed by atoms with E-state index in [2.05, 4.69) is 16.8 Å². The van der Waals surface area contributed by atoms with Gasteiger partial charge in [0.25, 0.3) is 5.56 Å². The SMILES string of the molecule is CCN(CCCc1cc(=O)n(C)c(=O)n1C)CCOc1ccc(-n2ccnc2)cc1. The van der Waals surface area contributed by atoms with Gasteiger partial charge in [-0.3, -0.25) is 9.36 Å². The molecular formula is C22H29N5O3. The van der Waals surface area contributed by atoms with E-state index in [9.17, 15) is 9.59 Å². The molecule has 0 saturated carbocycles. The van der Waals surface area contributed by atoms with Crippen molar-refractivity contribution >= 4 is 0 Å². The summed E-state index contributed by atoms with van der Waals surface area (Å²) in [4.78, 5) is 30.2. The maximum absolute atomic E-state index is 12.0. The fourth-order valence-corrected chi connectivity index (χ4v) is 3.35. The van der Waals surface area contributed by atoms with E-state index in [1.807, 2.05) is 35.0 Å². The molecule has 160 valence electrons. The Hall–Kier alpha value is -3.13. The Morgan fingerprint density at radius 3 is 2.50 bits per heavy atom. The molecule has 0 aliphatic heterocycles. The molecular weight excluding hydrogens is 382 g/mol. The van der Waals surface area contributed by atoms with E-state index in [-0.39, 0.29) is 11.2 Å². The molecule has 0 amide bonds. The lowest BCUT2D eigenvalue weighted by Gasteiger charge is -2.20. The van der Waals surface area contributed by atoms with Crippen LogP contribution in [0.3, 0.4) is 0 Å². The normalized spacial score (nSPS) is 11.2. The number of aromatic nitrogens is 4. The third-order valence-corrected chi connectivity index (χ3v) is 5.30. The molecule has 1 aromatic carbocycles. The van der Waals surface area contributed by atoms with E-state index in [1.54, 1.807) is 30.2 Å². The predicted molar refractivity (Wildman–Crippen MR) is 116 cm³/mol. The van der Waals surface area contributed by atoms with Crippen LogP contribution in [0.4, 0.5) is 0 Å². The summed E-state index contributed by atoms with van der Waals surface area (Å²) in [6.07, 6.45) is 6.98. The number of hydrogen-bond acceptors (Lipinski definition) is 5. The monoisotopic (exact) mass is 411 g/mol. The molecule has 0 spiro atoms. The predicted octanol–water partition coefficient (Wildman–Crippen LogP) is 1.60. The highest BCUT2D eigenvalue weighted by atomic mass is 16.5. The lowest BCUT2D eigenvalue weighted by Crippen LogP contribution is -2.38. The molecule has 0 unspecified atom stereocenters. The number of ether oxygens (including phenoxy) is 1. The third-order valence-electron chi connectivity index (χ3n) is 5.30. The maximum Gasteiger partial charge on any atom is 0.330 e. The fraction of sp³-hybridized carbons (Fsp3) is 0.409. The average Bonchev–Trinajstić information content (AvgIpc) is 3.30. The molecule has 0 aliphatic carbocycles. The van der Waals surface area contributed by atoms with Crippen molar-refractivity contribution < 1.29 is 4.74 Å². The van der Waals surface area contributed by atoms with Gasteiger partial charge < -0.3 is 18.8 Å². The number of rotatable bonds is 10. The van der Waals surface area contributed by atoms with Gasteiger partial charge in [0, 0.05) is 50.5 Å². The minimum Gasteiger partial charge on any atom is -0.492 e. The minimum absolute atomic E-state index is 0.257. The second-order valence-corrected chi connectivity index (χ2v) is 7.22. The zero-order valence-electron chi connectivity index (χ0n) is 17.8. The van der Waals surface area contributed by atoms with Gasteiger partial charge in [0.1, 0.15) is 12.4 Å². The van der Waals surface area contributed by atoms with Crippen molar-refractivity contribution in [2.75, 3.05) is 26.2 Å². The minimum atomic E-state index is -0.280. The molecule has 0 aliphatic rings. The second-order valence-electron chi connectivity index (χ2n) is 7.22. The fourth-order valence-electron chi connectivity index (χ4n) is 3.35. The molecule has 0 atom stereocenters. The van der Waals surface area contributed by atoms with Gasteiger partial charge in [-0.15, -0.1) is 0 Å². The Morgan fingerprint density at radius 1 is 1.07 bits per heavy atom. The van der Waals surface area contributed by atoms with Crippen LogP contribution in [0.5, 0.6) is 5.75 Å². The molecule has 8 nitrogen and oxygen atoms in total. The van der Waals surface area contributed by atoms with Gasteiger partial charge in [-0.2, -0.15) is 0 Å². The Kier molecular flexibility index (Phi) is 7.24. The summed E-state index contributed by atoms with van der Waals surface area (Å²) in [5.41, 5.74) is 1.28. The Bertz CT molecular complexity index is 1050. The summed E-state index contributed by atoms with van der Waals surface area (Å²) < 4.78 is 10.5. The summed E-state index contributed by atoms with van der Waals surface area (Å²) >= 11 is 0. The zero-order valence-corrected chi connectivity index (χ0v) is 17.8. The number of nitrogens with zero attached hydrogens (tertiary/aromatic N) is 5. The Morgan fingerprint density at radius 2 is 1.83 bits per heavy atom. The van der Waals surface area contributed by atoms with Crippen molar-refractivity contribution in [3.05, 3.63) is 75.6 Å². The summed E-state index contributed by atoms with van der Waals surface area (Å²) in [6.45, 7) is 5.33. The summed E-state index contributed by atoms with van der Waals surface area (Å²) in [7, 11) is 3.21. The highest BCUT2D eigenvalue weighted by molar-refractivity contribution is 5.37. The van der Waals surface area contributed by atoms with E-state index < -0.39 is 0 Å². The smallest absolute Gasteiger partial charge is 0.330 e. The Balaban J connectivity index is 1.45. The first-order valence-corrected chi connectivity index (χ1v) is 10.2. The van der Waals surface area contributed by atoms with Crippen LogP contribution in [0, 0.1) is 0 Å². The van der Waals surface area contributed by atoms with E-state index >= 15 is 0 Å². The van der Waals surface area contributed by atoms with Crippen LogP contribution in [0.1, 0.15) is 19.0 Å². The number of hydrogen-bond donors (Lipinski definition) is 0. The highest BCUT2D eigenvalue weighted by Gasteiger charge is 2.08. The van der Waals surface area contributed by atoms with Crippen molar-refractivity contribution in [2.24, 2.45) is 14.1 Å². The van der Waals surface area contributed by atoms with Gasteiger partial charge in [0.15, 0.2) is 0 Å². The molecule has 0 bridgehead atoms. The summed E-state index contributed by atoms with van der Waals surface area (Å²) in [6, 6.07) is 9.48. The molecule has 0 saturated heterocycles. The number of benzene rings is 1. The van der Waals surface area contributed by atoms with Gasteiger partial charge in [-0.1, -0.05) is 6.92 Å². The zero-order chi connectivity index (χ0) is 21.5. The molecule has 3 rings (SSSR count). The molecule has 0 N–H and O–H groups in total. The number of likely N-dealkylation sites (N-methyl/N-ethyl adjacent to an activating group) is 1. The molecule has 8 heteroatoms. The van der Waals surface area contributed by atoms with Crippen LogP contribution in [-0.4, -0.2) is 49.8 Å². The highest BCUT2D eigenvalue weighted by Crippen LogP contribution is 2.15. The van der Waals surface area contributed by atoms with Gasteiger partial charge in [-0.05, 0) is 50.2 Å². The molecule has 0 radical (unpaired) electrons. The van der Waals surface area contributed by atoms with Crippen LogP contribution in [0.15, 0.2) is 58.6 Å². The first-order valence-electron chi connectivity index (χ1n) is 10.2. The molecule has 3 aromatic rings. The van der Waals surface area contributed by atoms with Gasteiger partial charge >= 0.3 is 5.69 Å². The quantitative estimate of drug-likeness (QED) is 0.507. The summed E-state index contributed by atoms with van der Waals surface area (Å²) in [5, 5.41) is 0. The topological polar surface area (TPSA) is 74.3 Å². The van der Waals surface area contributed by atoms with Crippen LogP contribution in [0.2, 0.25) is 0 Å². The van der Waals surface area contributed by atoms with Crippen LogP contribution < -0.4 is 16.0 Å².